The predicted molar refractivity (Wildman–Crippen MR) is 58.4 cm³/mol. The van der Waals surface area contributed by atoms with Gasteiger partial charge in [0.25, 0.3) is 0 Å². The normalized spacial score (nSPS) is 12.9. The average molecular weight is 223 g/mol. The fraction of sp³-hybridized carbons (Fsp3) is 0.444. The highest BCUT2D eigenvalue weighted by atomic mass is 32.1. The molecule has 1 atom stereocenters. The Labute approximate surface area is 92.3 Å². The van der Waals surface area contributed by atoms with Crippen molar-refractivity contribution in [2.75, 3.05) is 0 Å². The molecule has 2 heterocycles. The maximum absolute atomic E-state index is 5.98. The Kier molecular flexibility index (Phi) is 3.08. The van der Waals surface area contributed by atoms with Crippen LogP contribution in [-0.2, 0) is 13.5 Å². The average Bonchev–Trinajstić information content (AvgIpc) is 2.85. The maximum Gasteiger partial charge on any atom is 0.0910 e. The molecule has 15 heavy (non-hydrogen) atoms. The van der Waals surface area contributed by atoms with E-state index < -0.39 is 0 Å². The molecule has 2 N–H and O–H groups in total. The molecule has 0 bridgehead atoms. The van der Waals surface area contributed by atoms with E-state index in [2.05, 4.69) is 13.8 Å². The third-order valence-electron chi connectivity index (χ3n) is 2.39. The van der Waals surface area contributed by atoms with Crippen molar-refractivity contribution in [3.8, 4) is 0 Å². The fourth-order valence-electron chi connectivity index (χ4n) is 1.43. The largest absolute Gasteiger partial charge is 0.323 e. The SMILES string of the molecule is Cn1nccc1CCC(N)c1cnsn1. The number of hydrogen-bond donors (Lipinski definition) is 1. The van der Waals surface area contributed by atoms with Crippen molar-refractivity contribution in [2.24, 2.45) is 12.8 Å². The molecular weight excluding hydrogens is 210 g/mol. The van der Waals surface area contributed by atoms with Crippen LogP contribution in [0.25, 0.3) is 0 Å². The van der Waals surface area contributed by atoms with E-state index in [0.717, 1.165) is 18.5 Å². The Bertz CT molecular complexity index is 408. The monoisotopic (exact) mass is 223 g/mol. The topological polar surface area (TPSA) is 69.6 Å². The zero-order valence-electron chi connectivity index (χ0n) is 8.50. The minimum absolute atomic E-state index is 0.0290. The summed E-state index contributed by atoms with van der Waals surface area (Å²) in [7, 11) is 1.94. The summed E-state index contributed by atoms with van der Waals surface area (Å²) in [5.41, 5.74) is 8.05. The summed E-state index contributed by atoms with van der Waals surface area (Å²) in [6.07, 6.45) is 5.31. The van der Waals surface area contributed by atoms with Crippen molar-refractivity contribution in [3.05, 3.63) is 29.8 Å². The molecule has 0 spiro atoms. The van der Waals surface area contributed by atoms with Gasteiger partial charge in [-0.1, -0.05) is 0 Å². The lowest BCUT2D eigenvalue weighted by Crippen LogP contribution is -2.12. The van der Waals surface area contributed by atoms with Crippen LogP contribution >= 0.6 is 11.7 Å². The predicted octanol–water partition coefficient (Wildman–Crippen LogP) is 0.904. The zero-order valence-corrected chi connectivity index (χ0v) is 9.31. The molecule has 6 heteroatoms. The Morgan fingerprint density at radius 3 is 3.07 bits per heavy atom. The van der Waals surface area contributed by atoms with Gasteiger partial charge in [0.1, 0.15) is 0 Å². The molecule has 1 unspecified atom stereocenters. The molecule has 0 aromatic carbocycles. The van der Waals surface area contributed by atoms with Crippen molar-refractivity contribution >= 4 is 11.7 Å². The Hall–Kier alpha value is -1.27. The van der Waals surface area contributed by atoms with E-state index in [4.69, 9.17) is 5.73 Å². The molecule has 2 rings (SSSR count). The Morgan fingerprint density at radius 2 is 2.47 bits per heavy atom. The van der Waals surface area contributed by atoms with E-state index in [0.29, 0.717) is 0 Å². The highest BCUT2D eigenvalue weighted by Gasteiger charge is 2.09. The van der Waals surface area contributed by atoms with Crippen LogP contribution in [0.2, 0.25) is 0 Å². The lowest BCUT2D eigenvalue weighted by molar-refractivity contribution is 0.606. The minimum atomic E-state index is -0.0290. The standard InChI is InChI=1S/C9H13N5S/c1-14-7(4-5-11-14)2-3-8(10)9-6-12-15-13-9/h4-6,8H,2-3,10H2,1H3. The fourth-order valence-corrected chi connectivity index (χ4v) is 1.91. The van der Waals surface area contributed by atoms with Gasteiger partial charge in [0, 0.05) is 18.9 Å². The molecule has 0 aliphatic rings. The summed E-state index contributed by atoms with van der Waals surface area (Å²) in [5.74, 6) is 0. The summed E-state index contributed by atoms with van der Waals surface area (Å²) in [6.45, 7) is 0. The maximum atomic E-state index is 5.98. The number of aryl methyl sites for hydroxylation is 2. The van der Waals surface area contributed by atoms with Crippen LogP contribution in [0, 0.1) is 0 Å². The summed E-state index contributed by atoms with van der Waals surface area (Å²) in [6, 6.07) is 1.98. The van der Waals surface area contributed by atoms with Crippen LogP contribution in [0.5, 0.6) is 0 Å². The molecular formula is C9H13N5S. The van der Waals surface area contributed by atoms with Gasteiger partial charge in [0.2, 0.25) is 0 Å². The van der Waals surface area contributed by atoms with Gasteiger partial charge in [-0.25, -0.2) is 0 Å². The molecule has 0 fully saturated rings. The molecule has 0 amide bonds. The summed E-state index contributed by atoms with van der Waals surface area (Å²) in [5, 5.41) is 4.11. The molecule has 5 nitrogen and oxygen atoms in total. The van der Waals surface area contributed by atoms with Gasteiger partial charge in [0.05, 0.1) is 29.7 Å². The third-order valence-corrected chi connectivity index (χ3v) is 2.88. The van der Waals surface area contributed by atoms with Crippen molar-refractivity contribution < 1.29 is 0 Å². The van der Waals surface area contributed by atoms with E-state index in [9.17, 15) is 0 Å². The molecule has 0 radical (unpaired) electrons. The second-order valence-corrected chi connectivity index (χ2v) is 3.98. The molecule has 0 aliphatic carbocycles. The molecule has 0 saturated carbocycles. The molecule has 0 aliphatic heterocycles. The van der Waals surface area contributed by atoms with Crippen LogP contribution in [0.4, 0.5) is 0 Å². The third kappa shape index (κ3) is 2.40. The zero-order chi connectivity index (χ0) is 10.7. The Balaban J connectivity index is 1.91. The number of nitrogens with zero attached hydrogens (tertiary/aromatic N) is 4. The van der Waals surface area contributed by atoms with Crippen molar-refractivity contribution in [1.29, 1.82) is 0 Å². The van der Waals surface area contributed by atoms with E-state index in [1.54, 1.807) is 12.4 Å². The first-order chi connectivity index (χ1) is 7.27. The van der Waals surface area contributed by atoms with Crippen molar-refractivity contribution in [1.82, 2.24) is 18.5 Å². The first-order valence-electron chi connectivity index (χ1n) is 4.77. The molecule has 0 saturated heterocycles. The number of rotatable bonds is 4. The lowest BCUT2D eigenvalue weighted by Gasteiger charge is -2.07. The molecule has 2 aromatic rings. The van der Waals surface area contributed by atoms with Gasteiger partial charge in [-0.2, -0.15) is 13.8 Å². The van der Waals surface area contributed by atoms with E-state index in [1.807, 2.05) is 17.8 Å². The molecule has 2 aromatic heterocycles. The first kappa shape index (κ1) is 10.3. The quantitative estimate of drug-likeness (QED) is 0.836. The van der Waals surface area contributed by atoms with Gasteiger partial charge < -0.3 is 5.73 Å². The summed E-state index contributed by atoms with van der Waals surface area (Å²) < 4.78 is 9.93. The Morgan fingerprint density at radius 1 is 1.60 bits per heavy atom. The van der Waals surface area contributed by atoms with Crippen molar-refractivity contribution in [3.63, 3.8) is 0 Å². The number of hydrogen-bond acceptors (Lipinski definition) is 5. The lowest BCUT2D eigenvalue weighted by atomic mass is 10.1. The minimum Gasteiger partial charge on any atom is -0.323 e. The first-order valence-corrected chi connectivity index (χ1v) is 5.50. The second kappa shape index (κ2) is 4.50. The summed E-state index contributed by atoms with van der Waals surface area (Å²) >= 11 is 1.20. The highest BCUT2D eigenvalue weighted by Crippen LogP contribution is 2.14. The van der Waals surface area contributed by atoms with Crippen LogP contribution in [0.1, 0.15) is 23.9 Å². The van der Waals surface area contributed by atoms with Crippen molar-refractivity contribution in [2.45, 2.75) is 18.9 Å². The number of nitrogens with two attached hydrogens (primary N) is 1. The molecule has 80 valence electrons. The summed E-state index contributed by atoms with van der Waals surface area (Å²) in [4.78, 5) is 0. The second-order valence-electron chi connectivity index (χ2n) is 3.42. The van der Waals surface area contributed by atoms with Gasteiger partial charge in [-0.05, 0) is 18.9 Å². The van der Waals surface area contributed by atoms with E-state index in [1.165, 1.54) is 17.4 Å². The van der Waals surface area contributed by atoms with Crippen LogP contribution in [0.3, 0.4) is 0 Å². The van der Waals surface area contributed by atoms with E-state index in [-0.39, 0.29) is 6.04 Å². The van der Waals surface area contributed by atoms with E-state index >= 15 is 0 Å². The van der Waals surface area contributed by atoms with Gasteiger partial charge in [0.15, 0.2) is 0 Å². The van der Waals surface area contributed by atoms with Crippen LogP contribution in [-0.4, -0.2) is 18.5 Å². The van der Waals surface area contributed by atoms with Gasteiger partial charge in [-0.3, -0.25) is 4.68 Å². The van der Waals surface area contributed by atoms with Crippen LogP contribution < -0.4 is 5.73 Å². The highest BCUT2D eigenvalue weighted by molar-refractivity contribution is 6.99. The van der Waals surface area contributed by atoms with Gasteiger partial charge >= 0.3 is 0 Å². The number of aromatic nitrogens is 4. The van der Waals surface area contributed by atoms with Gasteiger partial charge in [-0.15, -0.1) is 0 Å². The smallest absolute Gasteiger partial charge is 0.0910 e. The van der Waals surface area contributed by atoms with Crippen LogP contribution in [0.15, 0.2) is 18.5 Å².